The van der Waals surface area contributed by atoms with E-state index >= 15 is 0 Å². The number of carbonyl (C=O) groups is 2. The predicted octanol–water partition coefficient (Wildman–Crippen LogP) is 4.10. The van der Waals surface area contributed by atoms with E-state index in [9.17, 15) is 9.59 Å². The molecule has 7 nitrogen and oxygen atoms in total. The average Bonchev–Trinajstić information content (AvgIpc) is 3.21. The lowest BCUT2D eigenvalue weighted by Crippen LogP contribution is -2.45. The number of benzene rings is 1. The summed E-state index contributed by atoms with van der Waals surface area (Å²) in [4.78, 5) is 32.5. The smallest absolute Gasteiger partial charge is 0.291 e. The normalized spacial score (nSPS) is 19.8. The molecule has 4 rings (SSSR count). The van der Waals surface area contributed by atoms with Gasteiger partial charge in [0.05, 0.1) is 5.41 Å². The van der Waals surface area contributed by atoms with Crippen molar-refractivity contribution in [2.45, 2.75) is 58.3 Å². The van der Waals surface area contributed by atoms with Crippen molar-refractivity contribution >= 4 is 23.1 Å². The molecule has 0 spiro atoms. The van der Waals surface area contributed by atoms with Crippen molar-refractivity contribution in [1.29, 1.82) is 0 Å². The number of primary amides is 1. The number of nitrogens with zero attached hydrogens (tertiary/aromatic N) is 1. The van der Waals surface area contributed by atoms with Crippen LogP contribution < -0.4 is 11.1 Å². The highest BCUT2D eigenvalue weighted by molar-refractivity contribution is 6.03. The van der Waals surface area contributed by atoms with Gasteiger partial charge < -0.3 is 20.8 Å². The minimum Gasteiger partial charge on any atom is -0.381 e. The van der Waals surface area contributed by atoms with Gasteiger partial charge in [-0.3, -0.25) is 9.59 Å². The molecule has 4 N–H and O–H groups in total. The summed E-state index contributed by atoms with van der Waals surface area (Å²) in [6.45, 7) is 7.40. The summed E-state index contributed by atoms with van der Waals surface area (Å²) in [5.41, 5.74) is 9.97. The molecule has 1 fully saturated rings. The zero-order valence-electron chi connectivity index (χ0n) is 19.1. The van der Waals surface area contributed by atoms with Gasteiger partial charge in [-0.1, -0.05) is 26.0 Å². The summed E-state index contributed by atoms with van der Waals surface area (Å²) < 4.78 is 5.51. The molecular formula is C25H32N4O3. The summed E-state index contributed by atoms with van der Waals surface area (Å²) in [7, 11) is 0. The number of amides is 2. The lowest BCUT2D eigenvalue weighted by Gasteiger charge is -2.35. The molecule has 1 aliphatic carbocycles. The van der Waals surface area contributed by atoms with E-state index in [1.807, 2.05) is 25.1 Å². The standard InChI is InChI=1S/C25H32N4O3/c1-16-15-27-21(28-16)22(30)29-20-5-4-18(25(23(26)31)10-12-32-13-11-25)14-19(20)17-6-8-24(2,3)9-7-17/h4-6,14-15H,7-13H2,1-3H3,(H2,26,31)(H,27,28)(H,29,30). The maximum atomic E-state index is 12.8. The van der Waals surface area contributed by atoms with Crippen LogP contribution in [0.2, 0.25) is 0 Å². The van der Waals surface area contributed by atoms with Crippen molar-refractivity contribution in [3.05, 3.63) is 53.1 Å². The fraction of sp³-hybridized carbons (Fsp3) is 0.480. The van der Waals surface area contributed by atoms with Crippen LogP contribution in [-0.4, -0.2) is 35.0 Å². The van der Waals surface area contributed by atoms with Crippen LogP contribution in [0.4, 0.5) is 5.69 Å². The number of hydrogen-bond acceptors (Lipinski definition) is 4. The Bertz CT molecular complexity index is 1060. The topological polar surface area (TPSA) is 110 Å². The first-order chi connectivity index (χ1) is 15.2. The van der Waals surface area contributed by atoms with E-state index in [1.54, 1.807) is 6.20 Å². The molecule has 1 aromatic heterocycles. The molecule has 32 heavy (non-hydrogen) atoms. The first-order valence-corrected chi connectivity index (χ1v) is 11.2. The number of nitrogens with two attached hydrogens (primary N) is 1. The van der Waals surface area contributed by atoms with Crippen LogP contribution in [0.15, 0.2) is 30.5 Å². The maximum absolute atomic E-state index is 12.8. The zero-order valence-corrected chi connectivity index (χ0v) is 19.1. The van der Waals surface area contributed by atoms with Gasteiger partial charge in [0.25, 0.3) is 5.91 Å². The Morgan fingerprint density at radius 1 is 1.19 bits per heavy atom. The van der Waals surface area contributed by atoms with E-state index in [0.29, 0.717) is 31.7 Å². The fourth-order valence-corrected chi connectivity index (χ4v) is 4.64. The van der Waals surface area contributed by atoms with Crippen LogP contribution in [0.5, 0.6) is 0 Å². The minimum absolute atomic E-state index is 0.255. The van der Waals surface area contributed by atoms with Gasteiger partial charge in [-0.05, 0) is 67.7 Å². The third kappa shape index (κ3) is 4.35. The van der Waals surface area contributed by atoms with E-state index in [4.69, 9.17) is 10.5 Å². The van der Waals surface area contributed by atoms with Crippen molar-refractivity contribution in [1.82, 2.24) is 9.97 Å². The van der Waals surface area contributed by atoms with E-state index in [2.05, 4.69) is 35.2 Å². The second-order valence-corrected chi connectivity index (χ2v) is 9.79. The molecule has 2 amide bonds. The molecule has 2 heterocycles. The molecule has 1 aromatic carbocycles. The van der Waals surface area contributed by atoms with Crippen LogP contribution >= 0.6 is 0 Å². The molecule has 0 atom stereocenters. The van der Waals surface area contributed by atoms with Crippen LogP contribution in [0.25, 0.3) is 5.57 Å². The first kappa shape index (κ1) is 22.3. The lowest BCUT2D eigenvalue weighted by molar-refractivity contribution is -0.127. The van der Waals surface area contributed by atoms with Gasteiger partial charge in [-0.15, -0.1) is 0 Å². The summed E-state index contributed by atoms with van der Waals surface area (Å²) in [6, 6.07) is 5.85. The third-order valence-electron chi connectivity index (χ3n) is 6.87. The van der Waals surface area contributed by atoms with Crippen LogP contribution in [0.3, 0.4) is 0 Å². The molecule has 0 radical (unpaired) electrons. The van der Waals surface area contributed by atoms with Gasteiger partial charge in [0.2, 0.25) is 5.91 Å². The van der Waals surface area contributed by atoms with Gasteiger partial charge in [0.15, 0.2) is 5.82 Å². The second-order valence-electron chi connectivity index (χ2n) is 9.79. The number of aromatic nitrogens is 2. The Labute approximate surface area is 188 Å². The quantitative estimate of drug-likeness (QED) is 0.655. The number of hydrogen-bond donors (Lipinski definition) is 3. The average molecular weight is 437 g/mol. The Morgan fingerprint density at radius 2 is 1.94 bits per heavy atom. The molecule has 1 saturated heterocycles. The zero-order chi connectivity index (χ0) is 22.9. The first-order valence-electron chi connectivity index (χ1n) is 11.2. The van der Waals surface area contributed by atoms with Crippen molar-refractivity contribution in [2.75, 3.05) is 18.5 Å². The van der Waals surface area contributed by atoms with E-state index < -0.39 is 5.41 Å². The monoisotopic (exact) mass is 436 g/mol. The van der Waals surface area contributed by atoms with E-state index in [1.165, 1.54) is 5.57 Å². The molecule has 0 bridgehead atoms. The lowest BCUT2D eigenvalue weighted by atomic mass is 9.72. The van der Waals surface area contributed by atoms with Crippen molar-refractivity contribution in [2.24, 2.45) is 11.1 Å². The molecule has 0 unspecified atom stereocenters. The van der Waals surface area contributed by atoms with Gasteiger partial charge in [-0.25, -0.2) is 4.98 Å². The van der Waals surface area contributed by atoms with Gasteiger partial charge in [-0.2, -0.15) is 0 Å². The number of H-pyrrole nitrogens is 1. The van der Waals surface area contributed by atoms with Gasteiger partial charge >= 0.3 is 0 Å². The Kier molecular flexibility index (Phi) is 5.95. The highest BCUT2D eigenvalue weighted by Crippen LogP contribution is 2.42. The van der Waals surface area contributed by atoms with Crippen molar-refractivity contribution in [3.8, 4) is 0 Å². The number of anilines is 1. The number of aryl methyl sites for hydroxylation is 1. The van der Waals surface area contributed by atoms with Crippen LogP contribution in [-0.2, 0) is 14.9 Å². The maximum Gasteiger partial charge on any atom is 0.291 e. The summed E-state index contributed by atoms with van der Waals surface area (Å²) in [5, 5.41) is 3.02. The minimum atomic E-state index is -0.748. The van der Waals surface area contributed by atoms with E-state index in [0.717, 1.165) is 36.1 Å². The number of ether oxygens (including phenoxy) is 1. The largest absolute Gasteiger partial charge is 0.381 e. The molecule has 170 valence electrons. The number of carbonyl (C=O) groups excluding carboxylic acids is 2. The van der Waals surface area contributed by atoms with Gasteiger partial charge in [0, 0.05) is 36.4 Å². The molecule has 1 aliphatic heterocycles. The number of imidazole rings is 1. The van der Waals surface area contributed by atoms with E-state index in [-0.39, 0.29) is 23.1 Å². The van der Waals surface area contributed by atoms with Crippen molar-refractivity contribution in [3.63, 3.8) is 0 Å². The number of aromatic amines is 1. The summed E-state index contributed by atoms with van der Waals surface area (Å²) in [5.74, 6) is -0.345. The molecular weight excluding hydrogens is 404 g/mol. The molecule has 0 saturated carbocycles. The molecule has 2 aromatic rings. The van der Waals surface area contributed by atoms with Gasteiger partial charge in [0.1, 0.15) is 0 Å². The predicted molar refractivity (Wildman–Crippen MR) is 124 cm³/mol. The number of rotatable bonds is 5. The summed E-state index contributed by atoms with van der Waals surface area (Å²) in [6.07, 6.45) is 7.94. The Balaban J connectivity index is 1.75. The Morgan fingerprint density at radius 3 is 2.53 bits per heavy atom. The third-order valence-corrected chi connectivity index (χ3v) is 6.87. The fourth-order valence-electron chi connectivity index (χ4n) is 4.64. The highest BCUT2D eigenvalue weighted by Gasteiger charge is 2.40. The highest BCUT2D eigenvalue weighted by atomic mass is 16.5. The SMILES string of the molecule is Cc1cnc(C(=O)Nc2ccc(C3(C(N)=O)CCOCC3)cc2C2=CCC(C)(C)CC2)[nH]1. The second kappa shape index (κ2) is 8.54. The number of allylic oxidation sites excluding steroid dienone is 2. The molecule has 2 aliphatic rings. The summed E-state index contributed by atoms with van der Waals surface area (Å²) >= 11 is 0. The van der Waals surface area contributed by atoms with Crippen LogP contribution in [0, 0.1) is 12.3 Å². The Hall–Kier alpha value is -2.93. The number of nitrogens with one attached hydrogen (secondary N) is 2. The molecule has 7 heteroatoms. The van der Waals surface area contributed by atoms with Crippen LogP contribution in [0.1, 0.15) is 73.4 Å². The van der Waals surface area contributed by atoms with Crippen molar-refractivity contribution < 1.29 is 14.3 Å².